The molecule has 5 heteroatoms. The minimum Gasteiger partial charge on any atom is -0.490 e. The summed E-state index contributed by atoms with van der Waals surface area (Å²) < 4.78 is 5.57. The topological polar surface area (TPSA) is 72.3 Å². The number of unbranched alkanes of at least 4 members (excludes halogenated alkanes) is 1. The number of carbonyl (C=O) groups is 1. The van der Waals surface area contributed by atoms with E-state index in [1.54, 1.807) is 12.1 Å². The van der Waals surface area contributed by atoms with Crippen molar-refractivity contribution < 1.29 is 14.6 Å². The summed E-state index contributed by atoms with van der Waals surface area (Å²) >= 11 is 0. The van der Waals surface area contributed by atoms with Crippen LogP contribution in [-0.4, -0.2) is 27.9 Å². The van der Waals surface area contributed by atoms with Gasteiger partial charge in [0.15, 0.2) is 5.75 Å². The van der Waals surface area contributed by atoms with Gasteiger partial charge in [-0.15, -0.1) is 10.2 Å². The van der Waals surface area contributed by atoms with E-state index in [-0.39, 0.29) is 5.69 Å². The average molecular weight is 246 g/mol. The summed E-state index contributed by atoms with van der Waals surface area (Å²) in [4.78, 5) is 11.1. The van der Waals surface area contributed by atoms with Crippen molar-refractivity contribution in [1.29, 1.82) is 0 Å². The Hall–Kier alpha value is -2.17. The van der Waals surface area contributed by atoms with Gasteiger partial charge in [-0.05, 0) is 18.6 Å². The lowest BCUT2D eigenvalue weighted by Gasteiger charge is -2.10. The quantitative estimate of drug-likeness (QED) is 0.820. The summed E-state index contributed by atoms with van der Waals surface area (Å²) in [5.74, 6) is -0.818. The number of rotatable bonds is 5. The van der Waals surface area contributed by atoms with E-state index in [0.29, 0.717) is 23.3 Å². The van der Waals surface area contributed by atoms with Gasteiger partial charge in [0.2, 0.25) is 5.69 Å². The third-order valence-electron chi connectivity index (χ3n) is 2.57. The minimum atomic E-state index is -1.13. The summed E-state index contributed by atoms with van der Waals surface area (Å²) in [6, 6.07) is 7.22. The highest BCUT2D eigenvalue weighted by atomic mass is 16.5. The fourth-order valence-corrected chi connectivity index (χ4v) is 1.63. The first-order chi connectivity index (χ1) is 8.74. The van der Waals surface area contributed by atoms with Crippen molar-refractivity contribution >= 4 is 16.9 Å². The van der Waals surface area contributed by atoms with E-state index in [4.69, 9.17) is 9.84 Å². The summed E-state index contributed by atoms with van der Waals surface area (Å²) in [6.07, 6.45) is 1.86. The molecule has 0 amide bonds. The molecular formula is C13H14N2O3. The maximum absolute atomic E-state index is 11.1. The number of benzene rings is 1. The normalized spacial score (nSPS) is 10.5. The highest BCUT2D eigenvalue weighted by Crippen LogP contribution is 2.26. The molecule has 0 unspecified atom stereocenters. The summed E-state index contributed by atoms with van der Waals surface area (Å²) in [7, 11) is 0. The van der Waals surface area contributed by atoms with Crippen LogP contribution in [0.4, 0.5) is 0 Å². The molecule has 1 aromatic carbocycles. The number of ether oxygens (including phenoxy) is 1. The molecule has 0 radical (unpaired) electrons. The van der Waals surface area contributed by atoms with Crippen LogP contribution in [0, 0.1) is 0 Å². The van der Waals surface area contributed by atoms with Crippen LogP contribution < -0.4 is 4.74 Å². The maximum Gasteiger partial charge on any atom is 0.360 e. The van der Waals surface area contributed by atoms with Crippen LogP contribution >= 0.6 is 0 Å². The van der Waals surface area contributed by atoms with Gasteiger partial charge in [-0.2, -0.15) is 0 Å². The Morgan fingerprint density at radius 3 is 2.83 bits per heavy atom. The number of carboxylic acids is 1. The first-order valence-electron chi connectivity index (χ1n) is 5.85. The second kappa shape index (κ2) is 5.44. The van der Waals surface area contributed by atoms with Crippen molar-refractivity contribution in [3.8, 4) is 5.75 Å². The smallest absolute Gasteiger partial charge is 0.360 e. The van der Waals surface area contributed by atoms with Crippen LogP contribution in [0.2, 0.25) is 0 Å². The highest BCUT2D eigenvalue weighted by Gasteiger charge is 2.17. The number of carboxylic acid groups (broad SMARTS) is 1. The number of fused-ring (bicyclic) bond motifs is 1. The molecule has 0 bridgehead atoms. The first kappa shape index (κ1) is 12.3. The van der Waals surface area contributed by atoms with Crippen LogP contribution in [0.3, 0.4) is 0 Å². The van der Waals surface area contributed by atoms with Crippen LogP contribution in [0.25, 0.3) is 10.9 Å². The van der Waals surface area contributed by atoms with Crippen LogP contribution in [0.1, 0.15) is 30.3 Å². The van der Waals surface area contributed by atoms with Crippen molar-refractivity contribution in [2.24, 2.45) is 0 Å². The van der Waals surface area contributed by atoms with Crippen molar-refractivity contribution in [3.05, 3.63) is 30.0 Å². The van der Waals surface area contributed by atoms with Crippen LogP contribution in [-0.2, 0) is 0 Å². The van der Waals surface area contributed by atoms with Crippen molar-refractivity contribution in [3.63, 3.8) is 0 Å². The largest absolute Gasteiger partial charge is 0.490 e. The van der Waals surface area contributed by atoms with Gasteiger partial charge in [0.05, 0.1) is 12.1 Å². The van der Waals surface area contributed by atoms with Crippen LogP contribution in [0.15, 0.2) is 24.3 Å². The second-order valence-corrected chi connectivity index (χ2v) is 3.90. The lowest BCUT2D eigenvalue weighted by Crippen LogP contribution is -2.08. The zero-order chi connectivity index (χ0) is 13.0. The monoisotopic (exact) mass is 246 g/mol. The van der Waals surface area contributed by atoms with Crippen molar-refractivity contribution in [2.45, 2.75) is 19.8 Å². The molecule has 2 aromatic rings. The molecule has 1 N–H and O–H groups in total. The molecule has 1 heterocycles. The highest BCUT2D eigenvalue weighted by molar-refractivity contribution is 5.96. The molecule has 0 aliphatic carbocycles. The second-order valence-electron chi connectivity index (χ2n) is 3.90. The van der Waals surface area contributed by atoms with Gasteiger partial charge >= 0.3 is 5.97 Å². The fourth-order valence-electron chi connectivity index (χ4n) is 1.63. The van der Waals surface area contributed by atoms with Gasteiger partial charge in [-0.25, -0.2) is 4.79 Å². The minimum absolute atomic E-state index is 0.134. The average Bonchev–Trinajstić information content (AvgIpc) is 2.38. The lowest BCUT2D eigenvalue weighted by molar-refractivity contribution is 0.0684. The van der Waals surface area contributed by atoms with E-state index in [2.05, 4.69) is 10.2 Å². The summed E-state index contributed by atoms with van der Waals surface area (Å²) in [6.45, 7) is 2.52. The third kappa shape index (κ3) is 2.40. The molecule has 0 atom stereocenters. The third-order valence-corrected chi connectivity index (χ3v) is 2.57. The molecule has 0 saturated carbocycles. The molecule has 94 valence electrons. The molecule has 0 aliphatic heterocycles. The van der Waals surface area contributed by atoms with Crippen molar-refractivity contribution in [1.82, 2.24) is 10.2 Å². The van der Waals surface area contributed by atoms with E-state index in [9.17, 15) is 4.79 Å². The maximum atomic E-state index is 11.1. The standard InChI is InChI=1S/C13H14N2O3/c1-2-3-8-18-12-9-6-4-5-7-10(9)14-15-11(12)13(16)17/h4-7H,2-3,8H2,1H3,(H,16,17). The van der Waals surface area contributed by atoms with Crippen LogP contribution in [0.5, 0.6) is 5.75 Å². The lowest BCUT2D eigenvalue weighted by atomic mass is 10.2. The Kier molecular flexibility index (Phi) is 3.72. The van der Waals surface area contributed by atoms with Gasteiger partial charge < -0.3 is 9.84 Å². The Morgan fingerprint density at radius 2 is 2.11 bits per heavy atom. The molecule has 5 nitrogen and oxygen atoms in total. The Labute approximate surface area is 104 Å². The molecule has 0 spiro atoms. The Morgan fingerprint density at radius 1 is 1.33 bits per heavy atom. The predicted octanol–water partition coefficient (Wildman–Crippen LogP) is 2.51. The number of aromatic nitrogens is 2. The predicted molar refractivity (Wildman–Crippen MR) is 66.9 cm³/mol. The Bertz CT molecular complexity index is 569. The zero-order valence-electron chi connectivity index (χ0n) is 10.1. The van der Waals surface area contributed by atoms with Gasteiger partial charge in [0.1, 0.15) is 0 Å². The van der Waals surface area contributed by atoms with E-state index >= 15 is 0 Å². The number of hydrogen-bond donors (Lipinski definition) is 1. The fraction of sp³-hybridized carbons (Fsp3) is 0.308. The van der Waals surface area contributed by atoms with Gasteiger partial charge in [-0.1, -0.05) is 25.5 Å². The molecule has 18 heavy (non-hydrogen) atoms. The van der Waals surface area contributed by atoms with Crippen molar-refractivity contribution in [2.75, 3.05) is 6.61 Å². The number of aromatic carboxylic acids is 1. The van der Waals surface area contributed by atoms with Gasteiger partial charge in [0, 0.05) is 5.39 Å². The zero-order valence-corrected chi connectivity index (χ0v) is 10.1. The molecule has 0 fully saturated rings. The number of hydrogen-bond acceptors (Lipinski definition) is 4. The van der Waals surface area contributed by atoms with E-state index in [1.807, 2.05) is 19.1 Å². The van der Waals surface area contributed by atoms with E-state index < -0.39 is 5.97 Å². The Balaban J connectivity index is 2.48. The summed E-state index contributed by atoms with van der Waals surface area (Å²) in [5, 5.41) is 17.4. The molecule has 0 saturated heterocycles. The first-order valence-corrected chi connectivity index (χ1v) is 5.85. The van der Waals surface area contributed by atoms with E-state index in [0.717, 1.165) is 12.8 Å². The van der Waals surface area contributed by atoms with Gasteiger partial charge in [-0.3, -0.25) is 0 Å². The molecule has 2 rings (SSSR count). The SMILES string of the molecule is CCCCOc1c(C(=O)O)nnc2ccccc12. The number of nitrogens with zero attached hydrogens (tertiary/aromatic N) is 2. The summed E-state index contributed by atoms with van der Waals surface area (Å²) in [5.41, 5.74) is 0.499. The van der Waals surface area contributed by atoms with E-state index in [1.165, 1.54) is 0 Å². The molecule has 0 aliphatic rings. The van der Waals surface area contributed by atoms with Gasteiger partial charge in [0.25, 0.3) is 0 Å². The molecular weight excluding hydrogens is 232 g/mol. The molecule has 1 aromatic heterocycles.